The molecular formula is C12H24O6S2. The fourth-order valence-corrected chi connectivity index (χ4v) is 3.54. The summed E-state index contributed by atoms with van der Waals surface area (Å²) in [5, 5.41) is 0. The van der Waals surface area contributed by atoms with Gasteiger partial charge in [0.15, 0.2) is 0 Å². The van der Waals surface area contributed by atoms with Gasteiger partial charge in [-0.25, -0.2) is 0 Å². The summed E-state index contributed by atoms with van der Waals surface area (Å²) in [7, 11) is -6.77. The second-order valence-electron chi connectivity index (χ2n) is 5.43. The second kappa shape index (κ2) is 7.72. The summed E-state index contributed by atoms with van der Waals surface area (Å²) in [5.74, 6) is 0.766. The van der Waals surface area contributed by atoms with Gasteiger partial charge in [0.2, 0.25) is 0 Å². The summed E-state index contributed by atoms with van der Waals surface area (Å²) in [6, 6.07) is 0. The first-order chi connectivity index (χ1) is 9.17. The third kappa shape index (κ3) is 8.18. The van der Waals surface area contributed by atoms with Crippen LogP contribution in [-0.2, 0) is 28.6 Å². The van der Waals surface area contributed by atoms with Crippen LogP contribution < -0.4 is 0 Å². The molecule has 1 aliphatic carbocycles. The Kier molecular flexibility index (Phi) is 6.90. The van der Waals surface area contributed by atoms with Crippen LogP contribution in [-0.4, -0.2) is 42.6 Å². The Morgan fingerprint density at radius 1 is 0.800 bits per heavy atom. The lowest BCUT2D eigenvalue weighted by atomic mass is 9.76. The molecule has 1 saturated carbocycles. The highest BCUT2D eigenvalue weighted by atomic mass is 32.2. The monoisotopic (exact) mass is 328 g/mol. The van der Waals surface area contributed by atoms with Crippen molar-refractivity contribution < 1.29 is 25.2 Å². The summed E-state index contributed by atoms with van der Waals surface area (Å²) >= 11 is 0. The van der Waals surface area contributed by atoms with Gasteiger partial charge in [0.05, 0.1) is 25.7 Å². The van der Waals surface area contributed by atoms with E-state index in [2.05, 4.69) is 0 Å². The van der Waals surface area contributed by atoms with E-state index in [0.717, 1.165) is 38.2 Å². The minimum Gasteiger partial charge on any atom is -0.270 e. The lowest BCUT2D eigenvalue weighted by Crippen LogP contribution is -2.23. The molecule has 0 N–H and O–H groups in total. The number of hydrogen-bond acceptors (Lipinski definition) is 6. The van der Waals surface area contributed by atoms with Crippen LogP contribution in [0.1, 0.15) is 38.5 Å². The molecule has 6 nitrogen and oxygen atoms in total. The Balaban J connectivity index is 2.38. The fraction of sp³-hybridized carbons (Fsp3) is 1.00. The molecule has 0 bridgehead atoms. The molecular weight excluding hydrogens is 304 g/mol. The van der Waals surface area contributed by atoms with Crippen molar-refractivity contribution in [2.75, 3.05) is 25.7 Å². The smallest absolute Gasteiger partial charge is 0.264 e. The minimum atomic E-state index is -3.38. The van der Waals surface area contributed by atoms with Crippen molar-refractivity contribution in [3.8, 4) is 0 Å². The molecule has 0 aliphatic heterocycles. The van der Waals surface area contributed by atoms with E-state index in [-0.39, 0.29) is 13.2 Å². The molecule has 1 aliphatic rings. The van der Waals surface area contributed by atoms with Crippen molar-refractivity contribution in [1.29, 1.82) is 0 Å². The molecule has 120 valence electrons. The zero-order chi connectivity index (χ0) is 15.2. The fourth-order valence-electron chi connectivity index (χ4n) is 2.75. The third-order valence-electron chi connectivity index (χ3n) is 3.64. The molecule has 0 aromatic rings. The number of hydrogen-bond donors (Lipinski definition) is 0. The first kappa shape index (κ1) is 17.9. The molecule has 2 atom stereocenters. The predicted molar refractivity (Wildman–Crippen MR) is 76.3 cm³/mol. The van der Waals surface area contributed by atoms with Gasteiger partial charge in [-0.15, -0.1) is 0 Å². The highest BCUT2D eigenvalue weighted by molar-refractivity contribution is 7.86. The van der Waals surface area contributed by atoms with Crippen molar-refractivity contribution in [2.45, 2.75) is 38.5 Å². The summed E-state index contributed by atoms with van der Waals surface area (Å²) in [6.07, 6.45) is 7.82. The molecule has 0 radical (unpaired) electrons. The van der Waals surface area contributed by atoms with E-state index in [9.17, 15) is 16.8 Å². The molecule has 0 spiro atoms. The molecule has 0 saturated heterocycles. The molecule has 20 heavy (non-hydrogen) atoms. The maximum Gasteiger partial charge on any atom is 0.264 e. The van der Waals surface area contributed by atoms with Gasteiger partial charge < -0.3 is 0 Å². The predicted octanol–water partition coefficient (Wildman–Crippen LogP) is 1.53. The van der Waals surface area contributed by atoms with Crippen LogP contribution in [0.15, 0.2) is 0 Å². The highest BCUT2D eigenvalue weighted by Crippen LogP contribution is 2.34. The average Bonchev–Trinajstić information content (AvgIpc) is 2.28. The zero-order valence-electron chi connectivity index (χ0n) is 12.1. The minimum absolute atomic E-state index is 0.201. The van der Waals surface area contributed by atoms with Crippen LogP contribution in [0.5, 0.6) is 0 Å². The van der Waals surface area contributed by atoms with E-state index in [1.807, 2.05) is 0 Å². The van der Waals surface area contributed by atoms with Gasteiger partial charge in [-0.05, 0) is 24.7 Å². The normalized spacial score (nSPS) is 24.7. The third-order valence-corrected chi connectivity index (χ3v) is 4.83. The van der Waals surface area contributed by atoms with Crippen molar-refractivity contribution in [3.05, 3.63) is 0 Å². The Morgan fingerprint density at radius 2 is 1.15 bits per heavy atom. The van der Waals surface area contributed by atoms with Crippen LogP contribution in [0, 0.1) is 11.8 Å². The lowest BCUT2D eigenvalue weighted by molar-refractivity contribution is 0.159. The summed E-state index contributed by atoms with van der Waals surface area (Å²) in [5.41, 5.74) is 0. The highest BCUT2D eigenvalue weighted by Gasteiger charge is 2.25. The van der Waals surface area contributed by atoms with Crippen molar-refractivity contribution in [1.82, 2.24) is 0 Å². The summed E-state index contributed by atoms with van der Waals surface area (Å²) in [6.45, 7) is 0.403. The maximum absolute atomic E-state index is 10.9. The van der Waals surface area contributed by atoms with Gasteiger partial charge in [0.1, 0.15) is 0 Å². The van der Waals surface area contributed by atoms with Gasteiger partial charge in [0, 0.05) is 0 Å². The van der Waals surface area contributed by atoms with Gasteiger partial charge in [-0.1, -0.05) is 25.7 Å². The van der Waals surface area contributed by atoms with E-state index in [1.54, 1.807) is 0 Å². The van der Waals surface area contributed by atoms with Gasteiger partial charge in [-0.2, -0.15) is 16.8 Å². The van der Waals surface area contributed by atoms with E-state index in [0.29, 0.717) is 24.7 Å². The summed E-state index contributed by atoms with van der Waals surface area (Å²) in [4.78, 5) is 0. The molecule has 0 amide bonds. The van der Waals surface area contributed by atoms with Crippen LogP contribution >= 0.6 is 0 Å². The largest absolute Gasteiger partial charge is 0.270 e. The Bertz CT molecular complexity index is 436. The molecule has 1 fully saturated rings. The average molecular weight is 328 g/mol. The lowest BCUT2D eigenvalue weighted by Gasteiger charge is -2.31. The molecule has 0 heterocycles. The maximum atomic E-state index is 10.9. The van der Waals surface area contributed by atoms with Crippen molar-refractivity contribution in [2.24, 2.45) is 11.8 Å². The summed E-state index contributed by atoms with van der Waals surface area (Å²) < 4.78 is 53.3. The topological polar surface area (TPSA) is 86.7 Å². The quantitative estimate of drug-likeness (QED) is 0.628. The Labute approximate surface area is 122 Å². The second-order valence-corrected chi connectivity index (χ2v) is 8.72. The van der Waals surface area contributed by atoms with Crippen LogP contribution in [0.2, 0.25) is 0 Å². The molecule has 1 rings (SSSR count). The van der Waals surface area contributed by atoms with Crippen LogP contribution in [0.3, 0.4) is 0 Å². The first-order valence-electron chi connectivity index (χ1n) is 6.86. The van der Waals surface area contributed by atoms with Gasteiger partial charge >= 0.3 is 0 Å². The zero-order valence-corrected chi connectivity index (χ0v) is 13.7. The van der Waals surface area contributed by atoms with E-state index in [1.165, 1.54) is 0 Å². The SMILES string of the molecule is CS(=O)(=O)OCC[C@H]1CCCC[C@H]1CCOS(C)(=O)=O. The molecule has 8 heteroatoms. The van der Waals surface area contributed by atoms with E-state index in [4.69, 9.17) is 8.37 Å². The van der Waals surface area contributed by atoms with Crippen molar-refractivity contribution >= 4 is 20.2 Å². The number of rotatable bonds is 8. The van der Waals surface area contributed by atoms with Crippen molar-refractivity contribution in [3.63, 3.8) is 0 Å². The van der Waals surface area contributed by atoms with E-state index >= 15 is 0 Å². The Morgan fingerprint density at radius 3 is 1.45 bits per heavy atom. The van der Waals surface area contributed by atoms with Gasteiger partial charge in [-0.3, -0.25) is 8.37 Å². The standard InChI is InChI=1S/C12H24O6S2/c1-19(13,14)17-9-7-11-5-3-4-6-12(11)8-10-18-20(2,15)16/h11-12H,3-10H2,1-2H3/t11-,12+. The van der Waals surface area contributed by atoms with Crippen LogP contribution in [0.25, 0.3) is 0 Å². The van der Waals surface area contributed by atoms with Gasteiger partial charge in [0.25, 0.3) is 20.2 Å². The first-order valence-corrected chi connectivity index (χ1v) is 10.5. The van der Waals surface area contributed by atoms with Crippen LogP contribution in [0.4, 0.5) is 0 Å². The van der Waals surface area contributed by atoms with E-state index < -0.39 is 20.2 Å². The molecule has 0 aromatic carbocycles. The molecule has 0 unspecified atom stereocenters. The Hall–Kier alpha value is -0.180. The molecule has 0 aromatic heterocycles.